The largest absolute Gasteiger partial charge is 0.334 e. The lowest BCUT2D eigenvalue weighted by molar-refractivity contribution is -0.136. The van der Waals surface area contributed by atoms with E-state index < -0.39 is 6.04 Å². The molecule has 0 spiro atoms. The number of carbonyl (C=O) groups excluding carboxylic acids is 1. The number of benzene rings is 1. The molecule has 1 aromatic carbocycles. The Morgan fingerprint density at radius 2 is 2.10 bits per heavy atom. The number of carbonyl (C=O) groups is 1. The molecule has 2 unspecified atom stereocenters. The minimum Gasteiger partial charge on any atom is -0.334 e. The Kier molecular flexibility index (Phi) is 5.12. The average molecular weight is 278 g/mol. The topological polar surface area (TPSA) is 46.3 Å². The highest BCUT2D eigenvalue weighted by Gasteiger charge is 2.30. The molecule has 2 rings (SSSR count). The van der Waals surface area contributed by atoms with Gasteiger partial charge in [0.05, 0.1) is 12.1 Å². The third-order valence-electron chi connectivity index (χ3n) is 3.96. The minimum absolute atomic E-state index is 0.0286. The molecular weight excluding hydrogens is 255 g/mol. The minimum atomic E-state index is -0.416. The highest BCUT2D eigenvalue weighted by Crippen LogP contribution is 2.31. The SMILES string of the molecule is CCCC(N)C(=O)N1CCCCC1c1ccc(F)cc1. The Morgan fingerprint density at radius 1 is 1.40 bits per heavy atom. The van der Waals surface area contributed by atoms with Crippen molar-refractivity contribution in [3.05, 3.63) is 35.6 Å². The number of nitrogens with two attached hydrogens (primary N) is 1. The molecule has 1 aromatic rings. The second kappa shape index (κ2) is 6.84. The van der Waals surface area contributed by atoms with Crippen LogP contribution < -0.4 is 5.73 Å². The van der Waals surface area contributed by atoms with E-state index in [-0.39, 0.29) is 17.8 Å². The van der Waals surface area contributed by atoms with Crippen LogP contribution in [0.25, 0.3) is 0 Å². The smallest absolute Gasteiger partial charge is 0.239 e. The molecule has 1 amide bonds. The number of hydrogen-bond donors (Lipinski definition) is 1. The van der Waals surface area contributed by atoms with Crippen LogP contribution in [0.5, 0.6) is 0 Å². The third kappa shape index (κ3) is 3.37. The summed E-state index contributed by atoms with van der Waals surface area (Å²) in [6.07, 6.45) is 4.65. The summed E-state index contributed by atoms with van der Waals surface area (Å²) in [6.45, 7) is 2.78. The molecule has 20 heavy (non-hydrogen) atoms. The Labute approximate surface area is 120 Å². The van der Waals surface area contributed by atoms with Crippen LogP contribution in [0.1, 0.15) is 50.6 Å². The van der Waals surface area contributed by atoms with Gasteiger partial charge in [0.1, 0.15) is 5.82 Å². The molecule has 1 heterocycles. The van der Waals surface area contributed by atoms with Crippen LogP contribution in [-0.4, -0.2) is 23.4 Å². The van der Waals surface area contributed by atoms with Gasteiger partial charge in [0.15, 0.2) is 0 Å². The highest BCUT2D eigenvalue weighted by atomic mass is 19.1. The number of halogens is 1. The molecule has 3 nitrogen and oxygen atoms in total. The summed E-state index contributed by atoms with van der Waals surface area (Å²) in [6, 6.07) is 6.09. The molecule has 1 aliphatic heterocycles. The van der Waals surface area contributed by atoms with Gasteiger partial charge in [-0.05, 0) is 43.4 Å². The lowest BCUT2D eigenvalue weighted by atomic mass is 9.94. The van der Waals surface area contributed by atoms with Gasteiger partial charge >= 0.3 is 0 Å². The zero-order valence-corrected chi connectivity index (χ0v) is 12.0. The van der Waals surface area contributed by atoms with Crippen molar-refractivity contribution >= 4 is 5.91 Å². The van der Waals surface area contributed by atoms with E-state index in [9.17, 15) is 9.18 Å². The van der Waals surface area contributed by atoms with Crippen molar-refractivity contribution in [2.45, 2.75) is 51.1 Å². The number of piperidine rings is 1. The zero-order valence-electron chi connectivity index (χ0n) is 12.0. The van der Waals surface area contributed by atoms with Crippen molar-refractivity contribution in [3.63, 3.8) is 0 Å². The second-order valence-corrected chi connectivity index (χ2v) is 5.49. The van der Waals surface area contributed by atoms with Crippen LogP contribution in [0.15, 0.2) is 24.3 Å². The number of hydrogen-bond acceptors (Lipinski definition) is 2. The van der Waals surface area contributed by atoms with Crippen LogP contribution >= 0.6 is 0 Å². The molecule has 0 saturated carbocycles. The second-order valence-electron chi connectivity index (χ2n) is 5.49. The molecule has 2 atom stereocenters. The van der Waals surface area contributed by atoms with Crippen molar-refractivity contribution in [1.82, 2.24) is 4.90 Å². The lowest BCUT2D eigenvalue weighted by Gasteiger charge is -2.37. The standard InChI is InChI=1S/C16H23FN2O/c1-2-5-14(18)16(20)19-11-4-3-6-15(19)12-7-9-13(17)10-8-12/h7-10,14-15H,2-6,11,18H2,1H3. The molecule has 0 bridgehead atoms. The number of likely N-dealkylation sites (tertiary alicyclic amines) is 1. The highest BCUT2D eigenvalue weighted by molar-refractivity contribution is 5.82. The van der Waals surface area contributed by atoms with Gasteiger partial charge in [-0.15, -0.1) is 0 Å². The van der Waals surface area contributed by atoms with Crippen LogP contribution in [0.4, 0.5) is 4.39 Å². The van der Waals surface area contributed by atoms with Crippen LogP contribution in [0.3, 0.4) is 0 Å². The quantitative estimate of drug-likeness (QED) is 0.920. The average Bonchev–Trinajstić information content (AvgIpc) is 2.47. The van der Waals surface area contributed by atoms with Gasteiger partial charge in [0.2, 0.25) is 5.91 Å². The van der Waals surface area contributed by atoms with Gasteiger partial charge in [-0.1, -0.05) is 25.5 Å². The van der Waals surface area contributed by atoms with Gasteiger partial charge < -0.3 is 10.6 Å². The number of nitrogens with zero attached hydrogens (tertiary/aromatic N) is 1. The van der Waals surface area contributed by atoms with Crippen molar-refractivity contribution in [3.8, 4) is 0 Å². The molecule has 2 N–H and O–H groups in total. The summed E-state index contributed by atoms with van der Waals surface area (Å²) in [5.41, 5.74) is 6.97. The van der Waals surface area contributed by atoms with Crippen molar-refractivity contribution in [2.24, 2.45) is 5.73 Å². The van der Waals surface area contributed by atoms with E-state index in [2.05, 4.69) is 0 Å². The molecule has 1 fully saturated rings. The fourth-order valence-corrected chi connectivity index (χ4v) is 2.87. The van der Waals surface area contributed by atoms with Gasteiger partial charge in [-0.2, -0.15) is 0 Å². The Balaban J connectivity index is 2.16. The maximum Gasteiger partial charge on any atom is 0.239 e. The van der Waals surface area contributed by atoms with E-state index in [1.54, 1.807) is 12.1 Å². The van der Waals surface area contributed by atoms with Gasteiger partial charge in [0.25, 0.3) is 0 Å². The molecule has 0 aromatic heterocycles. The Hall–Kier alpha value is -1.42. The van der Waals surface area contributed by atoms with Gasteiger partial charge in [-0.3, -0.25) is 4.79 Å². The zero-order chi connectivity index (χ0) is 14.5. The number of rotatable bonds is 4. The Bertz CT molecular complexity index is 446. The first-order valence-electron chi connectivity index (χ1n) is 7.45. The fraction of sp³-hybridized carbons (Fsp3) is 0.562. The maximum atomic E-state index is 13.0. The monoisotopic (exact) mass is 278 g/mol. The molecule has 0 aliphatic carbocycles. The van der Waals surface area contributed by atoms with Crippen LogP contribution in [0, 0.1) is 5.82 Å². The van der Waals surface area contributed by atoms with Crippen LogP contribution in [-0.2, 0) is 4.79 Å². The summed E-state index contributed by atoms with van der Waals surface area (Å²) in [5, 5.41) is 0. The van der Waals surface area contributed by atoms with E-state index in [0.717, 1.165) is 37.8 Å². The summed E-state index contributed by atoms with van der Waals surface area (Å²) in [4.78, 5) is 14.4. The first kappa shape index (κ1) is 15.0. The molecule has 1 aliphatic rings. The van der Waals surface area contributed by atoms with Crippen molar-refractivity contribution in [1.29, 1.82) is 0 Å². The summed E-state index contributed by atoms with van der Waals surface area (Å²) < 4.78 is 13.0. The molecule has 110 valence electrons. The van der Waals surface area contributed by atoms with Crippen LogP contribution in [0.2, 0.25) is 0 Å². The predicted molar refractivity (Wildman–Crippen MR) is 77.6 cm³/mol. The van der Waals surface area contributed by atoms with E-state index in [1.165, 1.54) is 12.1 Å². The normalized spacial score (nSPS) is 20.8. The third-order valence-corrected chi connectivity index (χ3v) is 3.96. The Morgan fingerprint density at radius 3 is 2.75 bits per heavy atom. The summed E-state index contributed by atoms with van der Waals surface area (Å²) in [7, 11) is 0. The molecule has 4 heteroatoms. The fourth-order valence-electron chi connectivity index (χ4n) is 2.87. The van der Waals surface area contributed by atoms with E-state index in [4.69, 9.17) is 5.73 Å². The van der Waals surface area contributed by atoms with Crippen molar-refractivity contribution in [2.75, 3.05) is 6.54 Å². The van der Waals surface area contributed by atoms with E-state index in [1.807, 2.05) is 11.8 Å². The molecule has 1 saturated heterocycles. The summed E-state index contributed by atoms with van der Waals surface area (Å²) in [5.74, 6) is -0.217. The van der Waals surface area contributed by atoms with Crippen molar-refractivity contribution < 1.29 is 9.18 Å². The maximum absolute atomic E-state index is 13.0. The molecular formula is C16H23FN2O. The van der Waals surface area contributed by atoms with Gasteiger partial charge in [-0.25, -0.2) is 4.39 Å². The van der Waals surface area contributed by atoms with E-state index >= 15 is 0 Å². The molecule has 0 radical (unpaired) electrons. The summed E-state index contributed by atoms with van der Waals surface area (Å²) >= 11 is 0. The first-order chi connectivity index (χ1) is 9.63. The first-order valence-corrected chi connectivity index (χ1v) is 7.45. The predicted octanol–water partition coefficient (Wildman–Crippen LogP) is 3.01. The number of amides is 1. The van der Waals surface area contributed by atoms with Gasteiger partial charge in [0, 0.05) is 6.54 Å². The lowest BCUT2D eigenvalue weighted by Crippen LogP contribution is -2.47. The van der Waals surface area contributed by atoms with E-state index in [0.29, 0.717) is 6.42 Å².